The van der Waals surface area contributed by atoms with Gasteiger partial charge >= 0.3 is 6.16 Å². The maximum absolute atomic E-state index is 11.9. The van der Waals surface area contributed by atoms with Gasteiger partial charge in [-0.15, -0.1) is 0 Å². The molecule has 0 aromatic heterocycles. The number of nitriles is 1. The van der Waals surface area contributed by atoms with Gasteiger partial charge in [-0.05, 0) is 142 Å². The smallest absolute Gasteiger partial charge is 0.497 e. The number of nitrogens with zero attached hydrogens (tertiary/aromatic N) is 2. The zero-order valence-corrected chi connectivity index (χ0v) is 40.5. The summed E-state index contributed by atoms with van der Waals surface area (Å²) in [5.41, 5.74) is 7.46. The average molecular weight is 915 g/mol. The van der Waals surface area contributed by atoms with Crippen LogP contribution in [0.3, 0.4) is 0 Å². The maximum atomic E-state index is 11.9. The minimum Gasteiger partial charge on any atom is -0.497 e. The predicted molar refractivity (Wildman–Crippen MR) is 263 cm³/mol. The van der Waals surface area contributed by atoms with E-state index in [0.29, 0.717) is 32.7 Å². The quantitative estimate of drug-likeness (QED) is 0.0158. The monoisotopic (exact) mass is 914 g/mol. The fourth-order valence-electron chi connectivity index (χ4n) is 8.24. The second-order valence-electron chi connectivity index (χ2n) is 16.5. The van der Waals surface area contributed by atoms with Crippen molar-refractivity contribution in [3.8, 4) is 23.3 Å². The summed E-state index contributed by atoms with van der Waals surface area (Å²) in [4.78, 5) is 11.9. The van der Waals surface area contributed by atoms with Crippen LogP contribution in [-0.2, 0) is 43.2 Å². The van der Waals surface area contributed by atoms with Crippen LogP contribution in [0.2, 0.25) is 0 Å². The molecule has 0 saturated carbocycles. The third-order valence-electron chi connectivity index (χ3n) is 11.2. The molecule has 5 aromatic rings. The van der Waals surface area contributed by atoms with Gasteiger partial charge in [0, 0.05) is 12.1 Å². The van der Waals surface area contributed by atoms with Crippen LogP contribution in [0.4, 0.5) is 4.79 Å². The summed E-state index contributed by atoms with van der Waals surface area (Å²) in [5.74, 6) is 2.39. The molecule has 0 aliphatic heterocycles. The highest BCUT2D eigenvalue weighted by Gasteiger charge is 2.38. The zero-order chi connectivity index (χ0) is 47.2. The number of hydrogen-bond donors (Lipinski definition) is 0. The van der Waals surface area contributed by atoms with Gasteiger partial charge in [0.05, 0.1) is 58.6 Å². The van der Waals surface area contributed by atoms with Crippen molar-refractivity contribution in [3.63, 3.8) is 0 Å². The summed E-state index contributed by atoms with van der Waals surface area (Å²) < 4.78 is 42.5. The van der Waals surface area contributed by atoms with Gasteiger partial charge in [0.25, 0.3) is 8.53 Å². The lowest BCUT2D eigenvalue weighted by molar-refractivity contribution is 0.0625. The van der Waals surface area contributed by atoms with E-state index in [0.717, 1.165) is 71.6 Å². The van der Waals surface area contributed by atoms with E-state index < -0.39 is 20.1 Å². The second kappa shape index (κ2) is 27.1. The fourth-order valence-corrected chi connectivity index (χ4v) is 9.87. The van der Waals surface area contributed by atoms with Crippen LogP contribution < -0.4 is 14.2 Å². The Morgan fingerprint density at radius 3 is 1.56 bits per heavy atom. The minimum absolute atomic E-state index is 0.119. The van der Waals surface area contributed by atoms with Crippen molar-refractivity contribution in [2.75, 3.05) is 47.3 Å². The van der Waals surface area contributed by atoms with E-state index in [2.05, 4.69) is 136 Å². The molecule has 10 nitrogen and oxygen atoms in total. The molecule has 11 heteroatoms. The molecule has 350 valence electrons. The molecule has 0 aliphatic carbocycles. The van der Waals surface area contributed by atoms with Crippen molar-refractivity contribution in [1.29, 1.82) is 5.26 Å². The number of benzene rings is 5. The molecule has 0 heterocycles. The van der Waals surface area contributed by atoms with Gasteiger partial charge < -0.3 is 32.7 Å². The maximum Gasteiger partial charge on any atom is 0.508 e. The molecule has 0 fully saturated rings. The van der Waals surface area contributed by atoms with E-state index >= 15 is 0 Å². The van der Waals surface area contributed by atoms with Crippen LogP contribution in [0.5, 0.6) is 17.2 Å². The van der Waals surface area contributed by atoms with Crippen molar-refractivity contribution in [2.45, 2.75) is 90.1 Å². The molecule has 1 atom stereocenters. The summed E-state index contributed by atoms with van der Waals surface area (Å²) in [5, 5.41) is 9.10. The van der Waals surface area contributed by atoms with Crippen LogP contribution >= 0.6 is 8.53 Å². The van der Waals surface area contributed by atoms with E-state index in [9.17, 15) is 4.79 Å². The predicted octanol–water partition coefficient (Wildman–Crippen LogP) is 12.6. The van der Waals surface area contributed by atoms with Gasteiger partial charge in [-0.2, -0.15) is 5.26 Å². The number of carbonyl (C=O) groups excluding carboxylic acids is 1. The van der Waals surface area contributed by atoms with Crippen LogP contribution in [-0.4, -0.2) is 70.2 Å². The average Bonchev–Trinajstić information content (AvgIpc) is 3.33. The number of methoxy groups -OCH3 is 2. The highest BCUT2D eigenvalue weighted by Crippen LogP contribution is 2.47. The van der Waals surface area contributed by atoms with Gasteiger partial charge in [-0.3, -0.25) is 0 Å². The van der Waals surface area contributed by atoms with Crippen LogP contribution in [0.25, 0.3) is 0 Å². The normalized spacial score (nSPS) is 11.9. The van der Waals surface area contributed by atoms with Crippen molar-refractivity contribution in [3.05, 3.63) is 173 Å². The Kier molecular flexibility index (Phi) is 21.0. The van der Waals surface area contributed by atoms with E-state index in [1.54, 1.807) is 14.2 Å². The molecule has 0 bridgehead atoms. The van der Waals surface area contributed by atoms with Crippen LogP contribution in [0.1, 0.15) is 92.3 Å². The molecule has 5 rings (SSSR count). The lowest BCUT2D eigenvalue weighted by Gasteiger charge is -2.37. The van der Waals surface area contributed by atoms with Gasteiger partial charge in [-0.25, -0.2) is 9.46 Å². The molecule has 0 radical (unpaired) electrons. The summed E-state index contributed by atoms with van der Waals surface area (Å²) in [6.45, 7) is 13.9. The number of carbonyl (C=O) groups is 1. The standard InChI is InChI=1S/C55H67N2O8P/c1-8-34-62-54(58)63-36-13-17-45-39-44(40-46(41-45)18-14-37-64-66(65-38-15-33-56)57(42(2)3)43(4)5)16-12-35-61-53-31-25-50(26-32-53)55(47-19-10-9-11-20-47,48-21-27-51(59-6)28-22-48)49-23-29-52(60-7)30-24-49/h8-11,19-32,39-43H,1,12-18,34-38H2,2-7H3. The van der Waals surface area contributed by atoms with Gasteiger partial charge in [0.2, 0.25) is 0 Å². The first kappa shape index (κ1) is 51.3. The van der Waals surface area contributed by atoms with Gasteiger partial charge in [0.15, 0.2) is 0 Å². The van der Waals surface area contributed by atoms with Crippen molar-refractivity contribution < 1.29 is 37.5 Å². The van der Waals surface area contributed by atoms with Crippen molar-refractivity contribution >= 4 is 14.7 Å². The molecule has 66 heavy (non-hydrogen) atoms. The minimum atomic E-state index is -1.30. The van der Waals surface area contributed by atoms with E-state index in [1.807, 2.05) is 30.3 Å². The molecule has 5 aromatic carbocycles. The number of hydrogen-bond acceptors (Lipinski definition) is 10. The van der Waals surface area contributed by atoms with Gasteiger partial charge in [-0.1, -0.05) is 97.6 Å². The lowest BCUT2D eigenvalue weighted by atomic mass is 9.65. The topological polar surface area (TPSA) is 109 Å². The molecule has 0 spiro atoms. The summed E-state index contributed by atoms with van der Waals surface area (Å²) in [7, 11) is 2.07. The number of aryl methyl sites for hydroxylation is 3. The Morgan fingerprint density at radius 1 is 0.636 bits per heavy atom. The first-order valence-electron chi connectivity index (χ1n) is 22.9. The zero-order valence-electron chi connectivity index (χ0n) is 39.6. The largest absolute Gasteiger partial charge is 0.508 e. The van der Waals surface area contributed by atoms with Crippen molar-refractivity contribution in [2.24, 2.45) is 0 Å². The number of ether oxygens (including phenoxy) is 5. The van der Waals surface area contributed by atoms with Crippen LogP contribution in [0, 0.1) is 11.3 Å². The summed E-state index contributed by atoms with van der Waals surface area (Å²) in [6.07, 6.45) is 5.87. The molecule has 1 unspecified atom stereocenters. The first-order chi connectivity index (χ1) is 32.1. The summed E-state index contributed by atoms with van der Waals surface area (Å²) in [6, 6.07) is 45.1. The highest BCUT2D eigenvalue weighted by molar-refractivity contribution is 7.44. The molecule has 0 amide bonds. The Hall–Kier alpha value is -5.69. The van der Waals surface area contributed by atoms with Crippen molar-refractivity contribution in [1.82, 2.24) is 4.67 Å². The van der Waals surface area contributed by atoms with Gasteiger partial charge in [0.1, 0.15) is 23.9 Å². The lowest BCUT2D eigenvalue weighted by Crippen LogP contribution is -2.33. The van der Waals surface area contributed by atoms with E-state index in [-0.39, 0.29) is 25.3 Å². The third-order valence-corrected chi connectivity index (χ3v) is 13.3. The number of rotatable bonds is 28. The Bertz CT molecular complexity index is 2190. The SMILES string of the molecule is C=CCOC(=O)OCCCc1cc(CCCOc2ccc(C(c3ccccc3)(c3ccc(OC)cc3)c3ccc(OC)cc3)cc2)cc(CCCOP(OCCC#N)N(C(C)C)C(C)C)c1. The third kappa shape index (κ3) is 14.7. The Balaban J connectivity index is 1.29. The fraction of sp³-hybridized carbons (Fsp3) is 0.382. The molecule has 0 N–H and O–H groups in total. The Morgan fingerprint density at radius 2 is 1.09 bits per heavy atom. The van der Waals surface area contributed by atoms with E-state index in [4.69, 9.17) is 38.0 Å². The Labute approximate surface area is 394 Å². The molecule has 0 saturated heterocycles. The molecular formula is C55H67N2O8P. The molecule has 0 aliphatic rings. The highest BCUT2D eigenvalue weighted by atomic mass is 31.2. The van der Waals surface area contributed by atoms with E-state index in [1.165, 1.54) is 22.8 Å². The van der Waals surface area contributed by atoms with Crippen LogP contribution in [0.15, 0.2) is 134 Å². The summed E-state index contributed by atoms with van der Waals surface area (Å²) >= 11 is 0. The second-order valence-corrected chi connectivity index (χ2v) is 17.9. The molecular weight excluding hydrogens is 848 g/mol. The first-order valence-corrected chi connectivity index (χ1v) is 24.1.